The predicted octanol–water partition coefficient (Wildman–Crippen LogP) is 3.92. The average Bonchev–Trinajstić information content (AvgIpc) is 3.42. The van der Waals surface area contributed by atoms with E-state index in [1.807, 2.05) is 30.5 Å². The lowest BCUT2D eigenvalue weighted by Crippen LogP contribution is -2.43. The van der Waals surface area contributed by atoms with Gasteiger partial charge in [-0.25, -0.2) is 0 Å². The summed E-state index contributed by atoms with van der Waals surface area (Å²) >= 11 is 1.84. The third kappa shape index (κ3) is 6.63. The van der Waals surface area contributed by atoms with Crippen molar-refractivity contribution in [2.45, 2.75) is 25.3 Å². The van der Waals surface area contributed by atoms with Crippen molar-refractivity contribution in [2.75, 3.05) is 40.3 Å². The summed E-state index contributed by atoms with van der Waals surface area (Å²) in [6, 6.07) is 13.0. The Balaban J connectivity index is 0.00000280. The van der Waals surface area contributed by atoms with Crippen molar-refractivity contribution in [1.29, 1.82) is 0 Å². The summed E-state index contributed by atoms with van der Waals surface area (Å²) in [4.78, 5) is 8.40. The maximum Gasteiger partial charge on any atom is 0.191 e. The first kappa shape index (κ1) is 23.0. The van der Waals surface area contributed by atoms with E-state index in [1.54, 1.807) is 7.11 Å². The smallest absolute Gasteiger partial charge is 0.191 e. The lowest BCUT2D eigenvalue weighted by molar-refractivity contribution is 0.249. The van der Waals surface area contributed by atoms with Crippen LogP contribution >= 0.6 is 35.3 Å². The normalized spacial score (nSPS) is 15.7. The van der Waals surface area contributed by atoms with Crippen molar-refractivity contribution in [3.8, 4) is 5.75 Å². The van der Waals surface area contributed by atoms with Gasteiger partial charge in [0, 0.05) is 25.0 Å². The van der Waals surface area contributed by atoms with Crippen LogP contribution in [0.3, 0.4) is 0 Å². The van der Waals surface area contributed by atoms with E-state index >= 15 is 0 Å². The Bertz CT molecular complexity index is 700. The van der Waals surface area contributed by atoms with Crippen molar-refractivity contribution < 1.29 is 4.74 Å². The zero-order valence-electron chi connectivity index (χ0n) is 16.7. The van der Waals surface area contributed by atoms with Gasteiger partial charge in [-0.1, -0.05) is 18.2 Å². The maximum absolute atomic E-state index is 5.21. The number of rotatable bonds is 8. The minimum atomic E-state index is 0. The second kappa shape index (κ2) is 12.3. The first-order chi connectivity index (χ1) is 13.3. The molecule has 0 radical (unpaired) electrons. The topological polar surface area (TPSA) is 48.9 Å². The van der Waals surface area contributed by atoms with Gasteiger partial charge < -0.3 is 15.4 Å². The van der Waals surface area contributed by atoms with E-state index in [0.29, 0.717) is 6.04 Å². The standard InChI is InChI=1S/C21H30N4OS.HI/c1-22-21(23-12-11-17-7-9-18(26-2)10-8-17)24-16-19(20-6-5-15-27-20)25-13-3-4-14-25;/h5-10,15,19H,3-4,11-14,16H2,1-2H3,(H2,22,23,24);1H. The van der Waals surface area contributed by atoms with Crippen LogP contribution in [0.15, 0.2) is 46.8 Å². The zero-order valence-corrected chi connectivity index (χ0v) is 19.8. The van der Waals surface area contributed by atoms with Crippen LogP contribution in [0.4, 0.5) is 0 Å². The molecule has 1 aliphatic rings. The molecule has 0 spiro atoms. The zero-order chi connectivity index (χ0) is 18.9. The number of likely N-dealkylation sites (tertiary alicyclic amines) is 1. The molecule has 154 valence electrons. The van der Waals surface area contributed by atoms with Crippen molar-refractivity contribution in [3.63, 3.8) is 0 Å². The molecular weight excluding hydrogens is 483 g/mol. The van der Waals surface area contributed by atoms with Gasteiger partial charge in [-0.2, -0.15) is 0 Å². The number of guanidine groups is 1. The molecule has 1 aromatic heterocycles. The van der Waals surface area contributed by atoms with Crippen molar-refractivity contribution in [1.82, 2.24) is 15.5 Å². The SMILES string of the molecule is CN=C(NCCc1ccc(OC)cc1)NCC(c1cccs1)N1CCCC1.I. The molecule has 0 bridgehead atoms. The molecule has 3 rings (SSSR count). The molecule has 0 amide bonds. The van der Waals surface area contributed by atoms with E-state index < -0.39 is 0 Å². The molecule has 1 saturated heterocycles. The third-order valence-corrected chi connectivity index (χ3v) is 5.98. The van der Waals surface area contributed by atoms with E-state index in [0.717, 1.165) is 31.2 Å². The van der Waals surface area contributed by atoms with Crippen LogP contribution in [-0.2, 0) is 6.42 Å². The molecule has 1 atom stereocenters. The predicted molar refractivity (Wildman–Crippen MR) is 129 cm³/mol. The Labute approximate surface area is 189 Å². The summed E-state index contributed by atoms with van der Waals surface area (Å²) in [6.45, 7) is 4.10. The van der Waals surface area contributed by atoms with Gasteiger partial charge in [-0.3, -0.25) is 9.89 Å². The molecule has 1 aromatic carbocycles. The molecule has 28 heavy (non-hydrogen) atoms. The van der Waals surface area contributed by atoms with Crippen molar-refractivity contribution >= 4 is 41.3 Å². The maximum atomic E-state index is 5.21. The molecule has 0 aliphatic carbocycles. The third-order valence-electron chi connectivity index (χ3n) is 5.00. The lowest BCUT2D eigenvalue weighted by Gasteiger charge is -2.27. The minimum absolute atomic E-state index is 0. The molecule has 2 N–H and O–H groups in total. The fraction of sp³-hybridized carbons (Fsp3) is 0.476. The highest BCUT2D eigenvalue weighted by atomic mass is 127. The summed E-state index contributed by atoms with van der Waals surface area (Å²) in [5, 5.41) is 9.12. The highest BCUT2D eigenvalue weighted by molar-refractivity contribution is 14.0. The van der Waals surface area contributed by atoms with Crippen molar-refractivity contribution in [2.24, 2.45) is 4.99 Å². The van der Waals surface area contributed by atoms with Gasteiger partial charge in [0.05, 0.1) is 13.2 Å². The quantitative estimate of drug-likeness (QED) is 0.319. The van der Waals surface area contributed by atoms with Gasteiger partial charge in [-0.15, -0.1) is 35.3 Å². The van der Waals surface area contributed by atoms with E-state index in [4.69, 9.17) is 4.74 Å². The van der Waals surface area contributed by atoms with Gasteiger partial charge in [0.2, 0.25) is 0 Å². The van der Waals surface area contributed by atoms with Crippen LogP contribution in [0.1, 0.15) is 29.3 Å². The first-order valence-electron chi connectivity index (χ1n) is 9.65. The molecule has 7 heteroatoms. The number of ether oxygens (including phenoxy) is 1. The average molecular weight is 514 g/mol. The number of nitrogens with zero attached hydrogens (tertiary/aromatic N) is 2. The summed E-state index contributed by atoms with van der Waals surface area (Å²) in [5.41, 5.74) is 1.28. The number of aliphatic imine (C=N–C) groups is 1. The number of thiophene rings is 1. The van der Waals surface area contributed by atoms with Gasteiger partial charge in [0.1, 0.15) is 5.75 Å². The summed E-state index contributed by atoms with van der Waals surface area (Å²) in [5.74, 6) is 1.76. The Morgan fingerprint density at radius 2 is 1.93 bits per heavy atom. The monoisotopic (exact) mass is 514 g/mol. The van der Waals surface area contributed by atoms with Gasteiger partial charge in [-0.05, 0) is 61.5 Å². The molecule has 1 unspecified atom stereocenters. The van der Waals surface area contributed by atoms with E-state index in [9.17, 15) is 0 Å². The van der Waals surface area contributed by atoms with E-state index in [-0.39, 0.29) is 24.0 Å². The molecule has 5 nitrogen and oxygen atoms in total. The van der Waals surface area contributed by atoms with Crippen LogP contribution in [0.25, 0.3) is 0 Å². The minimum Gasteiger partial charge on any atom is -0.497 e. The number of hydrogen-bond donors (Lipinski definition) is 2. The Morgan fingerprint density at radius 3 is 2.54 bits per heavy atom. The summed E-state index contributed by atoms with van der Waals surface area (Å²) < 4.78 is 5.21. The number of methoxy groups -OCH3 is 1. The lowest BCUT2D eigenvalue weighted by atomic mass is 10.1. The van der Waals surface area contributed by atoms with Crippen LogP contribution in [0.2, 0.25) is 0 Å². The highest BCUT2D eigenvalue weighted by Crippen LogP contribution is 2.27. The molecule has 2 heterocycles. The number of benzene rings is 1. The van der Waals surface area contributed by atoms with Gasteiger partial charge in [0.15, 0.2) is 5.96 Å². The Kier molecular flexibility index (Phi) is 10.1. The highest BCUT2D eigenvalue weighted by Gasteiger charge is 2.24. The number of hydrogen-bond acceptors (Lipinski definition) is 4. The fourth-order valence-corrected chi connectivity index (χ4v) is 4.34. The molecule has 2 aromatic rings. The fourth-order valence-electron chi connectivity index (χ4n) is 3.48. The van der Waals surface area contributed by atoms with Crippen LogP contribution in [-0.4, -0.2) is 51.2 Å². The molecule has 1 fully saturated rings. The number of nitrogens with one attached hydrogen (secondary N) is 2. The second-order valence-corrected chi connectivity index (χ2v) is 7.73. The molecule has 0 saturated carbocycles. The second-order valence-electron chi connectivity index (χ2n) is 6.75. The summed E-state index contributed by atoms with van der Waals surface area (Å²) in [6.07, 6.45) is 3.55. The molecule has 1 aliphatic heterocycles. The first-order valence-corrected chi connectivity index (χ1v) is 10.5. The number of halogens is 1. The van der Waals surface area contributed by atoms with Gasteiger partial charge >= 0.3 is 0 Å². The van der Waals surface area contributed by atoms with Gasteiger partial charge in [0.25, 0.3) is 0 Å². The van der Waals surface area contributed by atoms with E-state index in [2.05, 4.69) is 50.2 Å². The van der Waals surface area contributed by atoms with E-state index in [1.165, 1.54) is 36.4 Å². The van der Waals surface area contributed by atoms with Crippen LogP contribution in [0, 0.1) is 0 Å². The summed E-state index contributed by atoms with van der Waals surface area (Å²) in [7, 11) is 3.52. The largest absolute Gasteiger partial charge is 0.497 e. The molecular formula is C21H31IN4OS. The Morgan fingerprint density at radius 1 is 1.18 bits per heavy atom. The van der Waals surface area contributed by atoms with Crippen molar-refractivity contribution in [3.05, 3.63) is 52.2 Å². The Hall–Kier alpha value is -1.32. The van der Waals surface area contributed by atoms with Crippen LogP contribution in [0.5, 0.6) is 5.75 Å². The van der Waals surface area contributed by atoms with Crippen LogP contribution < -0.4 is 15.4 Å².